The predicted molar refractivity (Wildman–Crippen MR) is 158 cm³/mol. The minimum Gasteiger partial charge on any atom is -0.359 e. The van der Waals surface area contributed by atoms with Gasteiger partial charge in [-0.1, -0.05) is 120 Å². The molecule has 0 bridgehead atoms. The zero-order valence-corrected chi connectivity index (χ0v) is 23.6. The van der Waals surface area contributed by atoms with Gasteiger partial charge in [-0.25, -0.2) is 0 Å². The maximum absolute atomic E-state index is 7.32. The molecule has 1 aliphatic heterocycles. The van der Waals surface area contributed by atoms with Gasteiger partial charge in [0.25, 0.3) is 0 Å². The van der Waals surface area contributed by atoms with E-state index >= 15 is 0 Å². The van der Waals surface area contributed by atoms with Gasteiger partial charge >= 0.3 is 0 Å². The molecular weight excluding hydrogens is 518 g/mol. The van der Waals surface area contributed by atoms with Crippen molar-refractivity contribution >= 4 is 15.9 Å². The first-order chi connectivity index (χ1) is 18.2. The van der Waals surface area contributed by atoms with Gasteiger partial charge in [0.2, 0.25) is 0 Å². The van der Waals surface area contributed by atoms with Gasteiger partial charge < -0.3 is 4.74 Å². The number of hydrogen-bond donors (Lipinski definition) is 0. The lowest BCUT2D eigenvalue weighted by atomic mass is 9.66. The number of rotatable bonds is 10. The second kappa shape index (κ2) is 12.1. The third kappa shape index (κ3) is 5.24. The molecule has 0 amide bonds. The molecule has 3 aromatic carbocycles. The second-order valence-corrected chi connectivity index (χ2v) is 12.0. The lowest BCUT2D eigenvalue weighted by Gasteiger charge is -2.59. The summed E-state index contributed by atoms with van der Waals surface area (Å²) in [5.41, 5.74) is 2.85. The highest BCUT2D eigenvalue weighted by Crippen LogP contribution is 2.48. The van der Waals surface area contributed by atoms with E-state index in [2.05, 4.69) is 131 Å². The van der Waals surface area contributed by atoms with Gasteiger partial charge in [-0.2, -0.15) is 0 Å². The standard InChI is InChI=1S/C34H40BrNO/c1-3-24-36-31(4-2)33(26-20-22-30(35)23-21-26)32(36)25-37-34(27-14-8-5-9-15-27,28-16-10-6-11-17-28)29-18-12-7-13-19-29/h3,5-19,26,30-33H,1,4,20-25H2,2H3/t26?,30?,31-,32?,33-/m0/s1. The van der Waals surface area contributed by atoms with Crippen LogP contribution in [0.15, 0.2) is 104 Å². The molecule has 0 N–H and O–H groups in total. The normalized spacial score (nSPS) is 26.4. The SMILES string of the molecule is C=CCN1C(COC(c2ccccc2)(c2ccccc2)c2ccccc2)[C@@H](C2CCC(Br)CC2)[C@@H]1CC. The van der Waals surface area contributed by atoms with Crippen molar-refractivity contribution < 1.29 is 4.74 Å². The Balaban J connectivity index is 1.53. The Morgan fingerprint density at radius 2 is 1.30 bits per heavy atom. The van der Waals surface area contributed by atoms with Gasteiger partial charge in [0, 0.05) is 23.5 Å². The van der Waals surface area contributed by atoms with Crippen LogP contribution in [0.4, 0.5) is 0 Å². The van der Waals surface area contributed by atoms with Gasteiger partial charge in [0.05, 0.1) is 6.61 Å². The summed E-state index contributed by atoms with van der Waals surface area (Å²) >= 11 is 3.87. The number of halogens is 1. The van der Waals surface area contributed by atoms with Crippen LogP contribution in [-0.4, -0.2) is 35.0 Å². The van der Waals surface area contributed by atoms with Gasteiger partial charge in [0.15, 0.2) is 0 Å². The molecule has 37 heavy (non-hydrogen) atoms. The lowest BCUT2D eigenvalue weighted by Crippen LogP contribution is -2.67. The van der Waals surface area contributed by atoms with E-state index in [0.717, 1.165) is 12.5 Å². The molecule has 3 heteroatoms. The fourth-order valence-corrected chi connectivity index (χ4v) is 7.58. The maximum atomic E-state index is 7.32. The fraction of sp³-hybridized carbons (Fsp3) is 0.412. The fourth-order valence-electron chi connectivity index (χ4n) is 7.05. The number of likely N-dealkylation sites (tertiary alicyclic amines) is 1. The van der Waals surface area contributed by atoms with Crippen molar-refractivity contribution in [2.24, 2.45) is 11.8 Å². The van der Waals surface area contributed by atoms with E-state index in [1.807, 2.05) is 0 Å². The Morgan fingerprint density at radius 3 is 1.73 bits per heavy atom. The van der Waals surface area contributed by atoms with Crippen LogP contribution in [0.2, 0.25) is 0 Å². The molecule has 1 aliphatic carbocycles. The summed E-state index contributed by atoms with van der Waals surface area (Å²) in [4.78, 5) is 3.34. The minimum absolute atomic E-state index is 0.398. The molecule has 1 saturated carbocycles. The third-order valence-corrected chi connectivity index (χ3v) is 9.67. The van der Waals surface area contributed by atoms with E-state index in [9.17, 15) is 0 Å². The van der Waals surface area contributed by atoms with E-state index in [1.165, 1.54) is 48.8 Å². The van der Waals surface area contributed by atoms with Crippen LogP contribution in [0.3, 0.4) is 0 Å². The van der Waals surface area contributed by atoms with Crippen LogP contribution in [0, 0.1) is 11.8 Å². The first-order valence-electron chi connectivity index (χ1n) is 14.0. The number of nitrogens with zero attached hydrogens (tertiary/aromatic N) is 1. The predicted octanol–water partition coefficient (Wildman–Crippen LogP) is 8.21. The molecule has 2 nitrogen and oxygen atoms in total. The van der Waals surface area contributed by atoms with Crippen LogP contribution >= 0.6 is 15.9 Å². The Morgan fingerprint density at radius 1 is 0.811 bits per heavy atom. The summed E-state index contributed by atoms with van der Waals surface area (Å²) in [6.07, 6.45) is 8.46. The number of alkyl halides is 1. The van der Waals surface area contributed by atoms with Crippen LogP contribution < -0.4 is 0 Å². The smallest absolute Gasteiger partial charge is 0.143 e. The van der Waals surface area contributed by atoms with E-state index < -0.39 is 5.60 Å². The Bertz CT molecular complexity index is 1010. The molecule has 0 aromatic heterocycles. The molecule has 1 saturated heterocycles. The van der Waals surface area contributed by atoms with E-state index in [-0.39, 0.29) is 0 Å². The maximum Gasteiger partial charge on any atom is 0.143 e. The molecule has 0 radical (unpaired) electrons. The molecular formula is C34H40BrNO. The zero-order valence-electron chi connectivity index (χ0n) is 22.0. The van der Waals surface area contributed by atoms with E-state index in [0.29, 0.717) is 29.4 Å². The first kappa shape index (κ1) is 26.4. The largest absolute Gasteiger partial charge is 0.359 e. The van der Waals surface area contributed by atoms with Crippen LogP contribution in [-0.2, 0) is 10.3 Å². The summed E-state index contributed by atoms with van der Waals surface area (Å²) in [6, 6.07) is 33.3. The molecule has 3 aromatic rings. The second-order valence-electron chi connectivity index (χ2n) is 10.7. The van der Waals surface area contributed by atoms with Crippen molar-refractivity contribution in [3.63, 3.8) is 0 Å². The van der Waals surface area contributed by atoms with Crippen LogP contribution in [0.1, 0.15) is 55.7 Å². The zero-order chi connectivity index (χ0) is 25.7. The molecule has 2 fully saturated rings. The summed E-state index contributed by atoms with van der Waals surface area (Å²) in [5, 5.41) is 0. The molecule has 3 atom stereocenters. The average Bonchev–Trinajstić information content (AvgIpc) is 2.95. The van der Waals surface area contributed by atoms with E-state index in [1.54, 1.807) is 0 Å². The van der Waals surface area contributed by atoms with Crippen LogP contribution in [0.25, 0.3) is 0 Å². The van der Waals surface area contributed by atoms with Gasteiger partial charge in [0.1, 0.15) is 5.60 Å². The highest BCUT2D eigenvalue weighted by atomic mass is 79.9. The summed E-state index contributed by atoms with van der Waals surface area (Å²) in [5.74, 6) is 1.44. The number of hydrogen-bond acceptors (Lipinski definition) is 2. The minimum atomic E-state index is -0.668. The van der Waals surface area contributed by atoms with Gasteiger partial charge in [-0.05, 0) is 60.6 Å². The lowest BCUT2D eigenvalue weighted by molar-refractivity contribution is -0.136. The van der Waals surface area contributed by atoms with Gasteiger partial charge in [-0.3, -0.25) is 4.90 Å². The number of benzene rings is 3. The molecule has 194 valence electrons. The van der Waals surface area contributed by atoms with Crippen molar-refractivity contribution in [3.8, 4) is 0 Å². The van der Waals surface area contributed by atoms with Crippen molar-refractivity contribution in [1.82, 2.24) is 4.90 Å². The highest BCUT2D eigenvalue weighted by molar-refractivity contribution is 9.09. The Hall–Kier alpha value is -2.20. The van der Waals surface area contributed by atoms with E-state index in [4.69, 9.17) is 4.74 Å². The highest BCUT2D eigenvalue weighted by Gasteiger charge is 2.51. The van der Waals surface area contributed by atoms with Crippen molar-refractivity contribution in [2.45, 2.75) is 61.5 Å². The number of ether oxygens (including phenoxy) is 1. The quantitative estimate of drug-likeness (QED) is 0.141. The molecule has 0 spiro atoms. The summed E-state index contributed by atoms with van der Waals surface area (Å²) in [6.45, 7) is 8.07. The Kier molecular flexibility index (Phi) is 8.64. The monoisotopic (exact) mass is 557 g/mol. The van der Waals surface area contributed by atoms with Crippen molar-refractivity contribution in [3.05, 3.63) is 120 Å². The van der Waals surface area contributed by atoms with Crippen LogP contribution in [0.5, 0.6) is 0 Å². The molecule has 5 rings (SSSR count). The summed E-state index contributed by atoms with van der Waals surface area (Å²) < 4.78 is 7.32. The van der Waals surface area contributed by atoms with Gasteiger partial charge in [-0.15, -0.1) is 6.58 Å². The van der Waals surface area contributed by atoms with Crippen molar-refractivity contribution in [2.75, 3.05) is 13.2 Å². The average molecular weight is 559 g/mol. The summed E-state index contributed by atoms with van der Waals surface area (Å²) in [7, 11) is 0. The molecule has 2 aliphatic rings. The topological polar surface area (TPSA) is 12.5 Å². The Labute approximate surface area is 231 Å². The first-order valence-corrected chi connectivity index (χ1v) is 14.9. The molecule has 1 heterocycles. The molecule has 1 unspecified atom stereocenters. The third-order valence-electron chi connectivity index (χ3n) is 8.76. The van der Waals surface area contributed by atoms with Crippen molar-refractivity contribution in [1.29, 1.82) is 0 Å².